The van der Waals surface area contributed by atoms with E-state index in [2.05, 4.69) is 24.4 Å². The number of rotatable bonds is 7. The van der Waals surface area contributed by atoms with Gasteiger partial charge in [0.2, 0.25) is 0 Å². The van der Waals surface area contributed by atoms with Gasteiger partial charge in [0.25, 0.3) is 0 Å². The fourth-order valence-electron chi connectivity index (χ4n) is 1.97. The molecule has 0 radical (unpaired) electrons. The van der Waals surface area contributed by atoms with Gasteiger partial charge in [-0.3, -0.25) is 10.1 Å². The largest absolute Gasteiger partial charge is 0.465 e. The Morgan fingerprint density at radius 3 is 2.33 bits per heavy atom. The molecule has 1 aromatic carbocycles. The van der Waals surface area contributed by atoms with Gasteiger partial charge in [0.15, 0.2) is 0 Å². The highest BCUT2D eigenvalue weighted by Crippen LogP contribution is 2.17. The zero-order valence-corrected chi connectivity index (χ0v) is 11.5. The second-order valence-electron chi connectivity index (χ2n) is 4.25. The number of hydrogen-bond donors (Lipinski definition) is 1. The molecule has 1 aromatic rings. The molecule has 0 aliphatic rings. The Morgan fingerprint density at radius 1 is 1.17 bits per heavy atom. The molecule has 0 amide bonds. The molecule has 0 fully saturated rings. The first-order chi connectivity index (χ1) is 8.72. The molecule has 0 aliphatic carbocycles. The lowest BCUT2D eigenvalue weighted by Crippen LogP contribution is -2.39. The summed E-state index contributed by atoms with van der Waals surface area (Å²) in [5.41, 5.74) is 1.21. The molecule has 0 aliphatic heterocycles. The first kappa shape index (κ1) is 14.7. The summed E-state index contributed by atoms with van der Waals surface area (Å²) < 4.78 is 5.07. The van der Waals surface area contributed by atoms with Crippen LogP contribution in [0.2, 0.25) is 0 Å². The minimum absolute atomic E-state index is 0.158. The molecular formula is C15H23NO2. The van der Waals surface area contributed by atoms with Crippen molar-refractivity contribution in [3.63, 3.8) is 0 Å². The average Bonchev–Trinajstić information content (AvgIpc) is 2.41. The lowest BCUT2D eigenvalue weighted by atomic mass is 10.0. The third-order valence-electron chi connectivity index (χ3n) is 2.99. The van der Waals surface area contributed by atoms with Crippen LogP contribution < -0.4 is 5.32 Å². The summed E-state index contributed by atoms with van der Waals surface area (Å²) in [5.74, 6) is -0.158. The Kier molecular flexibility index (Phi) is 6.44. The fourth-order valence-corrected chi connectivity index (χ4v) is 1.97. The van der Waals surface area contributed by atoms with Crippen LogP contribution in [0.3, 0.4) is 0 Å². The van der Waals surface area contributed by atoms with Crippen molar-refractivity contribution in [2.24, 2.45) is 0 Å². The zero-order valence-electron chi connectivity index (χ0n) is 11.5. The Bertz CT molecular complexity index is 351. The average molecular weight is 249 g/mol. The van der Waals surface area contributed by atoms with E-state index in [0.717, 1.165) is 12.8 Å². The van der Waals surface area contributed by atoms with Crippen molar-refractivity contribution in [2.45, 2.75) is 45.7 Å². The van der Waals surface area contributed by atoms with E-state index in [1.807, 2.05) is 32.0 Å². The molecule has 0 spiro atoms. The normalized spacial score (nSPS) is 13.9. The van der Waals surface area contributed by atoms with E-state index in [4.69, 9.17) is 4.74 Å². The van der Waals surface area contributed by atoms with Gasteiger partial charge in [0, 0.05) is 6.04 Å². The van der Waals surface area contributed by atoms with E-state index < -0.39 is 0 Å². The standard InChI is InChI=1S/C15H23NO2/c1-4-13(12-10-8-7-9-11-12)16-14(5-2)15(17)18-6-3/h7-11,13-14,16H,4-6H2,1-3H3. The highest BCUT2D eigenvalue weighted by Gasteiger charge is 2.21. The quantitative estimate of drug-likeness (QED) is 0.755. The molecule has 18 heavy (non-hydrogen) atoms. The molecule has 2 atom stereocenters. The van der Waals surface area contributed by atoms with Gasteiger partial charge in [-0.1, -0.05) is 44.2 Å². The van der Waals surface area contributed by atoms with Gasteiger partial charge in [-0.25, -0.2) is 0 Å². The maximum atomic E-state index is 11.8. The zero-order chi connectivity index (χ0) is 13.4. The molecule has 0 aromatic heterocycles. The monoisotopic (exact) mass is 249 g/mol. The molecular weight excluding hydrogens is 226 g/mol. The van der Waals surface area contributed by atoms with Crippen LogP contribution in [0.25, 0.3) is 0 Å². The molecule has 1 N–H and O–H groups in total. The van der Waals surface area contributed by atoms with Crippen molar-refractivity contribution in [2.75, 3.05) is 6.61 Å². The second-order valence-corrected chi connectivity index (χ2v) is 4.25. The molecule has 0 heterocycles. The van der Waals surface area contributed by atoms with Crippen LogP contribution >= 0.6 is 0 Å². The third kappa shape index (κ3) is 4.15. The van der Waals surface area contributed by atoms with Crippen molar-refractivity contribution in [3.8, 4) is 0 Å². The molecule has 0 saturated carbocycles. The second kappa shape index (κ2) is 7.88. The van der Waals surface area contributed by atoms with E-state index in [0.29, 0.717) is 6.61 Å². The smallest absolute Gasteiger partial charge is 0.323 e. The van der Waals surface area contributed by atoms with Crippen molar-refractivity contribution < 1.29 is 9.53 Å². The number of benzene rings is 1. The van der Waals surface area contributed by atoms with Gasteiger partial charge in [-0.15, -0.1) is 0 Å². The van der Waals surface area contributed by atoms with Crippen molar-refractivity contribution in [1.82, 2.24) is 5.32 Å². The van der Waals surface area contributed by atoms with Gasteiger partial charge < -0.3 is 4.74 Å². The minimum atomic E-state index is -0.227. The van der Waals surface area contributed by atoms with Crippen LogP contribution in [-0.4, -0.2) is 18.6 Å². The topological polar surface area (TPSA) is 38.3 Å². The number of ether oxygens (including phenoxy) is 1. The molecule has 3 heteroatoms. The first-order valence-corrected chi connectivity index (χ1v) is 6.70. The van der Waals surface area contributed by atoms with Crippen LogP contribution in [0.4, 0.5) is 0 Å². The highest BCUT2D eigenvalue weighted by molar-refractivity contribution is 5.75. The Morgan fingerprint density at radius 2 is 1.83 bits per heavy atom. The number of nitrogens with one attached hydrogen (secondary N) is 1. The summed E-state index contributed by atoms with van der Waals surface area (Å²) in [6, 6.07) is 10.2. The van der Waals surface area contributed by atoms with E-state index >= 15 is 0 Å². The van der Waals surface area contributed by atoms with Gasteiger partial charge in [0.1, 0.15) is 6.04 Å². The molecule has 0 saturated heterocycles. The van der Waals surface area contributed by atoms with Crippen molar-refractivity contribution in [1.29, 1.82) is 0 Å². The Labute approximate surface area is 110 Å². The van der Waals surface area contributed by atoms with Crippen LogP contribution in [0.1, 0.15) is 45.2 Å². The highest BCUT2D eigenvalue weighted by atomic mass is 16.5. The van der Waals surface area contributed by atoms with E-state index in [9.17, 15) is 4.79 Å². The molecule has 2 unspecified atom stereocenters. The third-order valence-corrected chi connectivity index (χ3v) is 2.99. The Balaban J connectivity index is 2.69. The number of esters is 1. The molecule has 0 bridgehead atoms. The van der Waals surface area contributed by atoms with Crippen LogP contribution in [-0.2, 0) is 9.53 Å². The SMILES string of the molecule is CCOC(=O)C(CC)NC(CC)c1ccccc1. The number of hydrogen-bond acceptors (Lipinski definition) is 3. The van der Waals surface area contributed by atoms with Crippen LogP contribution in [0, 0.1) is 0 Å². The summed E-state index contributed by atoms with van der Waals surface area (Å²) in [6.07, 6.45) is 1.68. The van der Waals surface area contributed by atoms with E-state index in [1.165, 1.54) is 5.56 Å². The maximum absolute atomic E-state index is 11.8. The van der Waals surface area contributed by atoms with Crippen molar-refractivity contribution >= 4 is 5.97 Å². The summed E-state index contributed by atoms with van der Waals surface area (Å²) in [4.78, 5) is 11.8. The maximum Gasteiger partial charge on any atom is 0.323 e. The van der Waals surface area contributed by atoms with Gasteiger partial charge in [-0.2, -0.15) is 0 Å². The Hall–Kier alpha value is -1.35. The van der Waals surface area contributed by atoms with Crippen LogP contribution in [0.5, 0.6) is 0 Å². The lowest BCUT2D eigenvalue weighted by Gasteiger charge is -2.23. The summed E-state index contributed by atoms with van der Waals surface area (Å²) >= 11 is 0. The number of carbonyl (C=O) groups is 1. The predicted molar refractivity (Wildman–Crippen MR) is 73.3 cm³/mol. The molecule has 1 rings (SSSR count). The van der Waals surface area contributed by atoms with E-state index in [1.54, 1.807) is 0 Å². The summed E-state index contributed by atoms with van der Waals surface area (Å²) in [7, 11) is 0. The molecule has 3 nitrogen and oxygen atoms in total. The number of carbonyl (C=O) groups excluding carboxylic acids is 1. The van der Waals surface area contributed by atoms with Gasteiger partial charge >= 0.3 is 5.97 Å². The lowest BCUT2D eigenvalue weighted by molar-refractivity contribution is -0.146. The van der Waals surface area contributed by atoms with E-state index in [-0.39, 0.29) is 18.1 Å². The predicted octanol–water partition coefficient (Wildman–Crippen LogP) is 3.07. The fraction of sp³-hybridized carbons (Fsp3) is 0.533. The molecule has 100 valence electrons. The van der Waals surface area contributed by atoms with Crippen molar-refractivity contribution in [3.05, 3.63) is 35.9 Å². The summed E-state index contributed by atoms with van der Waals surface area (Å²) in [6.45, 7) is 6.37. The minimum Gasteiger partial charge on any atom is -0.465 e. The van der Waals surface area contributed by atoms with Gasteiger partial charge in [0.05, 0.1) is 6.61 Å². The van der Waals surface area contributed by atoms with Crippen LogP contribution in [0.15, 0.2) is 30.3 Å². The first-order valence-electron chi connectivity index (χ1n) is 6.70. The summed E-state index contributed by atoms with van der Waals surface area (Å²) in [5, 5.41) is 3.38. The van der Waals surface area contributed by atoms with Gasteiger partial charge in [-0.05, 0) is 25.3 Å².